The summed E-state index contributed by atoms with van der Waals surface area (Å²) in [6.45, 7) is 2.31. The van der Waals surface area contributed by atoms with Crippen molar-refractivity contribution in [3.8, 4) is 11.6 Å². The molecule has 5 rings (SSSR count). The molecule has 26 heavy (non-hydrogen) atoms. The number of hydrogen-bond acceptors (Lipinski definition) is 6. The van der Waals surface area contributed by atoms with Crippen LogP contribution in [0.25, 0.3) is 21.8 Å². The third-order valence-electron chi connectivity index (χ3n) is 4.63. The molecule has 7 heteroatoms. The van der Waals surface area contributed by atoms with E-state index in [1.165, 1.54) is 10.3 Å². The van der Waals surface area contributed by atoms with E-state index >= 15 is 0 Å². The van der Waals surface area contributed by atoms with Crippen molar-refractivity contribution in [3.63, 3.8) is 0 Å². The van der Waals surface area contributed by atoms with Gasteiger partial charge in [-0.25, -0.2) is 9.97 Å². The predicted octanol–water partition coefficient (Wildman–Crippen LogP) is 3.20. The number of aromatic amines is 1. The Morgan fingerprint density at radius 1 is 1.31 bits per heavy atom. The third kappa shape index (κ3) is 2.75. The summed E-state index contributed by atoms with van der Waals surface area (Å²) in [5.41, 5.74) is 1.55. The van der Waals surface area contributed by atoms with E-state index in [0.717, 1.165) is 35.6 Å². The fourth-order valence-electron chi connectivity index (χ4n) is 3.37. The minimum atomic E-state index is -0.0795. The minimum absolute atomic E-state index is 0.0795. The smallest absolute Gasteiger partial charge is 0.256 e. The highest BCUT2D eigenvalue weighted by molar-refractivity contribution is 7.18. The maximum absolute atomic E-state index is 12.5. The van der Waals surface area contributed by atoms with Crippen molar-refractivity contribution in [3.05, 3.63) is 69.3 Å². The number of furan rings is 1. The maximum Gasteiger partial charge on any atom is 0.256 e. The van der Waals surface area contributed by atoms with Gasteiger partial charge in [-0.2, -0.15) is 0 Å². The molecule has 0 radical (unpaired) electrons. The molecule has 0 fully saturated rings. The van der Waals surface area contributed by atoms with Crippen LogP contribution in [-0.2, 0) is 19.5 Å². The molecule has 4 aromatic rings. The van der Waals surface area contributed by atoms with E-state index in [9.17, 15) is 4.79 Å². The predicted molar refractivity (Wildman–Crippen MR) is 100.0 cm³/mol. The molecule has 1 aliphatic rings. The van der Waals surface area contributed by atoms with E-state index in [-0.39, 0.29) is 5.56 Å². The van der Waals surface area contributed by atoms with Gasteiger partial charge in [0.15, 0.2) is 11.6 Å². The molecule has 0 atom stereocenters. The first-order chi connectivity index (χ1) is 12.8. The molecule has 0 aliphatic carbocycles. The van der Waals surface area contributed by atoms with Crippen LogP contribution in [0.4, 0.5) is 0 Å². The van der Waals surface area contributed by atoms with Crippen molar-refractivity contribution >= 4 is 21.6 Å². The lowest BCUT2D eigenvalue weighted by Crippen LogP contribution is -2.35. The van der Waals surface area contributed by atoms with Crippen LogP contribution in [0.2, 0.25) is 0 Å². The summed E-state index contributed by atoms with van der Waals surface area (Å²) >= 11 is 1.71. The Balaban J connectivity index is 1.40. The lowest BCUT2D eigenvalue weighted by molar-refractivity contribution is 0.244. The molecule has 1 N–H and O–H groups in total. The summed E-state index contributed by atoms with van der Waals surface area (Å²) in [4.78, 5) is 29.0. The normalized spacial score (nSPS) is 14.6. The molecule has 5 heterocycles. The Bertz CT molecular complexity index is 1100. The molecule has 4 aromatic heterocycles. The number of aromatic nitrogens is 3. The molecule has 0 amide bonds. The molecule has 1 aliphatic heterocycles. The highest BCUT2D eigenvalue weighted by Crippen LogP contribution is 2.26. The topological polar surface area (TPSA) is 75.0 Å². The number of thiophene rings is 1. The van der Waals surface area contributed by atoms with Crippen LogP contribution in [0.15, 0.2) is 52.0 Å². The number of H-pyrrole nitrogens is 1. The quantitative estimate of drug-likeness (QED) is 0.604. The number of pyridine rings is 1. The van der Waals surface area contributed by atoms with Crippen molar-refractivity contribution in [2.75, 3.05) is 6.54 Å². The average molecular weight is 364 g/mol. The Kier molecular flexibility index (Phi) is 3.69. The lowest BCUT2D eigenvalue weighted by Gasteiger charge is -2.27. The maximum atomic E-state index is 12.5. The molecule has 0 aromatic carbocycles. The molecule has 0 saturated carbocycles. The Morgan fingerprint density at radius 2 is 2.27 bits per heavy atom. The van der Waals surface area contributed by atoms with Gasteiger partial charge in [-0.1, -0.05) is 6.07 Å². The molecule has 6 nitrogen and oxygen atoms in total. The van der Waals surface area contributed by atoms with Crippen LogP contribution >= 0.6 is 11.3 Å². The van der Waals surface area contributed by atoms with Gasteiger partial charge in [0.2, 0.25) is 0 Å². The summed E-state index contributed by atoms with van der Waals surface area (Å²) in [6.07, 6.45) is 4.16. The van der Waals surface area contributed by atoms with Gasteiger partial charge in [0, 0.05) is 42.5 Å². The van der Waals surface area contributed by atoms with E-state index in [0.29, 0.717) is 18.1 Å². The first-order valence-corrected chi connectivity index (χ1v) is 9.30. The Hall–Kier alpha value is -2.77. The fraction of sp³-hybridized carbons (Fsp3) is 0.211. The van der Waals surface area contributed by atoms with Gasteiger partial charge in [-0.15, -0.1) is 11.3 Å². The molecule has 0 saturated heterocycles. The monoisotopic (exact) mass is 364 g/mol. The van der Waals surface area contributed by atoms with Gasteiger partial charge in [0.25, 0.3) is 5.56 Å². The third-order valence-corrected chi connectivity index (χ3v) is 5.67. The standard InChI is InChI=1S/C19H16N4O2S/c24-18-14-11-23(10-13-9-12-3-1-6-20-19(12)26-13)7-5-15(14)21-17(22-18)16-4-2-8-25-16/h1-4,6,8-9H,5,7,10-11H2,(H,21,22,24). The van der Waals surface area contributed by atoms with Crippen LogP contribution < -0.4 is 5.56 Å². The lowest BCUT2D eigenvalue weighted by atomic mass is 10.1. The average Bonchev–Trinajstić information content (AvgIpc) is 3.31. The SMILES string of the molecule is O=c1[nH]c(-c2ccco2)nc2c1CN(Cc1cc3cccnc3s1)CC2. The number of hydrogen-bond donors (Lipinski definition) is 1. The second-order valence-electron chi connectivity index (χ2n) is 6.39. The minimum Gasteiger partial charge on any atom is -0.461 e. The van der Waals surface area contributed by atoms with E-state index in [4.69, 9.17) is 4.42 Å². The molecule has 0 unspecified atom stereocenters. The van der Waals surface area contributed by atoms with Gasteiger partial charge >= 0.3 is 0 Å². The van der Waals surface area contributed by atoms with Gasteiger partial charge < -0.3 is 9.40 Å². The van der Waals surface area contributed by atoms with Crippen LogP contribution in [0.5, 0.6) is 0 Å². The van der Waals surface area contributed by atoms with Crippen LogP contribution in [0.3, 0.4) is 0 Å². The van der Waals surface area contributed by atoms with E-state index in [1.54, 1.807) is 29.7 Å². The first-order valence-electron chi connectivity index (χ1n) is 8.48. The molecule has 0 bridgehead atoms. The summed E-state index contributed by atoms with van der Waals surface area (Å²) in [5, 5.41) is 1.17. The van der Waals surface area contributed by atoms with Gasteiger partial charge in [-0.05, 0) is 24.3 Å². The molecule has 0 spiro atoms. The largest absolute Gasteiger partial charge is 0.461 e. The summed E-state index contributed by atoms with van der Waals surface area (Å²) in [5.74, 6) is 1.09. The Morgan fingerprint density at radius 3 is 3.12 bits per heavy atom. The van der Waals surface area contributed by atoms with Crippen molar-refractivity contribution in [2.45, 2.75) is 19.5 Å². The van der Waals surface area contributed by atoms with Crippen molar-refractivity contribution in [1.82, 2.24) is 19.9 Å². The fourth-order valence-corrected chi connectivity index (χ4v) is 4.41. The zero-order valence-corrected chi connectivity index (χ0v) is 14.8. The number of nitrogens with zero attached hydrogens (tertiary/aromatic N) is 3. The van der Waals surface area contributed by atoms with E-state index < -0.39 is 0 Å². The van der Waals surface area contributed by atoms with Crippen molar-refractivity contribution < 1.29 is 4.42 Å². The molecular weight excluding hydrogens is 348 g/mol. The van der Waals surface area contributed by atoms with Gasteiger partial charge in [0.05, 0.1) is 17.5 Å². The zero-order chi connectivity index (χ0) is 17.5. The number of fused-ring (bicyclic) bond motifs is 2. The first kappa shape index (κ1) is 15.5. The number of nitrogens with one attached hydrogen (secondary N) is 1. The van der Waals surface area contributed by atoms with Crippen LogP contribution in [0.1, 0.15) is 16.1 Å². The highest BCUT2D eigenvalue weighted by atomic mass is 32.1. The van der Waals surface area contributed by atoms with E-state index in [1.807, 2.05) is 12.3 Å². The van der Waals surface area contributed by atoms with Crippen molar-refractivity contribution in [2.24, 2.45) is 0 Å². The second kappa shape index (κ2) is 6.19. The molecule has 130 valence electrons. The van der Waals surface area contributed by atoms with Crippen LogP contribution in [0, 0.1) is 0 Å². The van der Waals surface area contributed by atoms with Crippen molar-refractivity contribution in [1.29, 1.82) is 0 Å². The summed E-state index contributed by atoms with van der Waals surface area (Å²) in [7, 11) is 0. The zero-order valence-electron chi connectivity index (χ0n) is 13.9. The van der Waals surface area contributed by atoms with Gasteiger partial charge in [0.1, 0.15) is 4.83 Å². The van der Waals surface area contributed by atoms with Gasteiger partial charge in [-0.3, -0.25) is 9.69 Å². The highest BCUT2D eigenvalue weighted by Gasteiger charge is 2.22. The van der Waals surface area contributed by atoms with Crippen LogP contribution in [-0.4, -0.2) is 26.4 Å². The number of rotatable bonds is 3. The molecular formula is C19H16N4O2S. The second-order valence-corrected chi connectivity index (χ2v) is 7.50. The summed E-state index contributed by atoms with van der Waals surface area (Å²) < 4.78 is 5.35. The Labute approximate surface area is 153 Å². The van der Waals surface area contributed by atoms with E-state index in [2.05, 4.69) is 32.0 Å². The summed E-state index contributed by atoms with van der Waals surface area (Å²) in [6, 6.07) is 9.81.